The van der Waals surface area contributed by atoms with Gasteiger partial charge in [0, 0.05) is 11.3 Å². The molecule has 0 aliphatic heterocycles. The third kappa shape index (κ3) is 4.79. The molecule has 1 amide bonds. The van der Waals surface area contributed by atoms with Gasteiger partial charge in [-0.15, -0.1) is 11.3 Å². The summed E-state index contributed by atoms with van der Waals surface area (Å²) < 4.78 is 44.9. The Labute approximate surface area is 170 Å². The molecule has 7 nitrogen and oxygen atoms in total. The molecule has 0 unspecified atom stereocenters. The smallest absolute Gasteiger partial charge is 0.340 e. The molecule has 0 saturated carbocycles. The van der Waals surface area contributed by atoms with Crippen molar-refractivity contribution in [1.29, 1.82) is 0 Å². The first kappa shape index (κ1) is 20.5. The average molecular weight is 434 g/mol. The number of amides is 1. The molecular formula is C19H15FN2O5S2. The number of thiophene rings is 1. The maximum absolute atomic E-state index is 13.0. The summed E-state index contributed by atoms with van der Waals surface area (Å²) in [4.78, 5) is 24.1. The number of nitrogens with one attached hydrogen (secondary N) is 2. The van der Waals surface area contributed by atoms with Crippen molar-refractivity contribution in [2.75, 3.05) is 17.1 Å². The molecule has 150 valence electrons. The number of ether oxygens (including phenoxy) is 1. The zero-order valence-electron chi connectivity index (χ0n) is 15.0. The molecule has 3 aromatic rings. The summed E-state index contributed by atoms with van der Waals surface area (Å²) >= 11 is 1.15. The Balaban J connectivity index is 1.79. The highest BCUT2D eigenvalue weighted by Crippen LogP contribution is 2.25. The zero-order valence-corrected chi connectivity index (χ0v) is 16.6. The Morgan fingerprint density at radius 3 is 2.48 bits per heavy atom. The van der Waals surface area contributed by atoms with Crippen LogP contribution in [0.3, 0.4) is 0 Å². The van der Waals surface area contributed by atoms with Crippen LogP contribution in [0.4, 0.5) is 15.1 Å². The fourth-order valence-corrected chi connectivity index (χ4v) is 4.22. The predicted octanol–water partition coefficient (Wildman–Crippen LogP) is 3.73. The van der Waals surface area contributed by atoms with Crippen molar-refractivity contribution in [3.63, 3.8) is 0 Å². The van der Waals surface area contributed by atoms with Gasteiger partial charge in [0.15, 0.2) is 0 Å². The maximum atomic E-state index is 13.0. The summed E-state index contributed by atoms with van der Waals surface area (Å²) in [6, 6.07) is 11.7. The minimum atomic E-state index is -3.95. The standard InChI is InChI=1S/C19H15FN2O5S2/c1-27-19(24)16-9-10-28-18(16)21-17(23)12-3-2-4-14(11-12)22-29(25,26)15-7-5-13(20)6-8-15/h2-11,22H,1H3,(H,21,23). The van der Waals surface area contributed by atoms with Crippen LogP contribution < -0.4 is 10.0 Å². The molecule has 0 spiro atoms. The van der Waals surface area contributed by atoms with E-state index in [1.165, 1.54) is 37.4 Å². The van der Waals surface area contributed by atoms with E-state index in [0.29, 0.717) is 5.00 Å². The average Bonchev–Trinajstić information content (AvgIpc) is 3.15. The molecule has 2 aromatic carbocycles. The number of carbonyl (C=O) groups excluding carboxylic acids is 2. The Morgan fingerprint density at radius 1 is 1.07 bits per heavy atom. The minimum absolute atomic E-state index is 0.116. The number of anilines is 2. The van der Waals surface area contributed by atoms with Crippen molar-refractivity contribution in [2.24, 2.45) is 0 Å². The summed E-state index contributed by atoms with van der Waals surface area (Å²) in [6.45, 7) is 0. The first-order chi connectivity index (χ1) is 13.8. The number of carbonyl (C=O) groups is 2. The predicted molar refractivity (Wildman–Crippen MR) is 107 cm³/mol. The second kappa shape index (κ2) is 8.41. The minimum Gasteiger partial charge on any atom is -0.465 e. The summed E-state index contributed by atoms with van der Waals surface area (Å²) in [5.41, 5.74) is 0.550. The van der Waals surface area contributed by atoms with Gasteiger partial charge in [-0.1, -0.05) is 6.07 Å². The number of hydrogen-bond donors (Lipinski definition) is 2. The maximum Gasteiger partial charge on any atom is 0.340 e. The number of rotatable bonds is 6. The van der Waals surface area contributed by atoms with Gasteiger partial charge >= 0.3 is 5.97 Å². The van der Waals surface area contributed by atoms with E-state index in [1.807, 2.05) is 0 Å². The monoisotopic (exact) mass is 434 g/mol. The topological polar surface area (TPSA) is 102 Å². The molecule has 0 atom stereocenters. The second-order valence-corrected chi connectivity index (χ2v) is 8.35. The van der Waals surface area contributed by atoms with Gasteiger partial charge in [0.2, 0.25) is 0 Å². The molecule has 0 aliphatic carbocycles. The van der Waals surface area contributed by atoms with Gasteiger partial charge in [-0.25, -0.2) is 17.6 Å². The first-order valence-electron chi connectivity index (χ1n) is 8.16. The molecule has 2 N–H and O–H groups in total. The van der Waals surface area contributed by atoms with Gasteiger partial charge in [0.05, 0.1) is 17.6 Å². The molecule has 0 fully saturated rings. The quantitative estimate of drug-likeness (QED) is 0.576. The van der Waals surface area contributed by atoms with Gasteiger partial charge in [0.25, 0.3) is 15.9 Å². The number of hydrogen-bond acceptors (Lipinski definition) is 6. The van der Waals surface area contributed by atoms with Gasteiger partial charge in [-0.05, 0) is 53.9 Å². The highest BCUT2D eigenvalue weighted by Gasteiger charge is 2.18. The number of methoxy groups -OCH3 is 1. The van der Waals surface area contributed by atoms with Crippen molar-refractivity contribution in [1.82, 2.24) is 0 Å². The number of halogens is 1. The number of benzene rings is 2. The van der Waals surface area contributed by atoms with Crippen molar-refractivity contribution in [3.8, 4) is 0 Å². The van der Waals surface area contributed by atoms with Crippen LogP contribution >= 0.6 is 11.3 Å². The lowest BCUT2D eigenvalue weighted by Crippen LogP contribution is -2.16. The molecule has 29 heavy (non-hydrogen) atoms. The Morgan fingerprint density at radius 2 is 1.79 bits per heavy atom. The van der Waals surface area contributed by atoms with Crippen LogP contribution in [0.25, 0.3) is 0 Å². The zero-order chi connectivity index (χ0) is 21.0. The highest BCUT2D eigenvalue weighted by atomic mass is 32.2. The van der Waals surface area contributed by atoms with E-state index >= 15 is 0 Å². The summed E-state index contributed by atoms with van der Waals surface area (Å²) in [5.74, 6) is -1.66. The van der Waals surface area contributed by atoms with E-state index in [1.54, 1.807) is 5.38 Å². The van der Waals surface area contributed by atoms with E-state index in [9.17, 15) is 22.4 Å². The van der Waals surface area contributed by atoms with Crippen LogP contribution in [0.15, 0.2) is 64.9 Å². The van der Waals surface area contributed by atoms with Gasteiger partial charge in [-0.2, -0.15) is 0 Å². The first-order valence-corrected chi connectivity index (χ1v) is 10.5. The Bertz CT molecular complexity index is 1160. The van der Waals surface area contributed by atoms with Crippen molar-refractivity contribution >= 4 is 43.9 Å². The van der Waals surface area contributed by atoms with E-state index in [2.05, 4.69) is 14.8 Å². The van der Waals surface area contributed by atoms with Crippen LogP contribution in [-0.4, -0.2) is 27.4 Å². The van der Waals surface area contributed by atoms with Gasteiger partial charge < -0.3 is 10.1 Å². The molecule has 0 bridgehead atoms. The van der Waals surface area contributed by atoms with E-state index in [4.69, 9.17) is 0 Å². The summed E-state index contributed by atoms with van der Waals surface area (Å²) in [6.07, 6.45) is 0. The number of sulfonamides is 1. The molecular weight excluding hydrogens is 419 g/mol. The Kier molecular flexibility index (Phi) is 5.95. The summed E-state index contributed by atoms with van der Waals surface area (Å²) in [5, 5.41) is 4.56. The SMILES string of the molecule is COC(=O)c1ccsc1NC(=O)c1cccc(NS(=O)(=O)c2ccc(F)cc2)c1. The Hall–Kier alpha value is -3.24. The van der Waals surface area contributed by atoms with Crippen molar-refractivity contribution in [2.45, 2.75) is 4.90 Å². The second-order valence-electron chi connectivity index (χ2n) is 5.75. The molecule has 0 aliphatic rings. The molecule has 1 aromatic heterocycles. The van der Waals surface area contributed by atoms with Crippen molar-refractivity contribution in [3.05, 3.63) is 76.9 Å². The third-order valence-electron chi connectivity index (χ3n) is 3.80. The number of esters is 1. The van der Waals surface area contributed by atoms with Crippen LogP contribution in [0, 0.1) is 5.82 Å². The van der Waals surface area contributed by atoms with Gasteiger partial charge in [0.1, 0.15) is 10.8 Å². The summed E-state index contributed by atoms with van der Waals surface area (Å²) in [7, 11) is -2.71. The molecule has 10 heteroatoms. The van der Waals surface area contributed by atoms with Crippen molar-refractivity contribution < 1.29 is 27.1 Å². The van der Waals surface area contributed by atoms with E-state index < -0.39 is 27.7 Å². The molecule has 0 radical (unpaired) electrons. The third-order valence-corrected chi connectivity index (χ3v) is 6.03. The fourth-order valence-electron chi connectivity index (χ4n) is 2.40. The molecule has 0 saturated heterocycles. The molecule has 1 heterocycles. The van der Waals surface area contributed by atoms with Crippen LogP contribution in [0.1, 0.15) is 20.7 Å². The van der Waals surface area contributed by atoms with Crippen LogP contribution in [0.5, 0.6) is 0 Å². The van der Waals surface area contributed by atoms with Gasteiger partial charge in [-0.3, -0.25) is 9.52 Å². The van der Waals surface area contributed by atoms with E-state index in [-0.39, 0.29) is 21.7 Å². The normalized spacial score (nSPS) is 11.0. The highest BCUT2D eigenvalue weighted by molar-refractivity contribution is 7.92. The lowest BCUT2D eigenvalue weighted by atomic mass is 10.2. The van der Waals surface area contributed by atoms with E-state index in [0.717, 1.165) is 35.6 Å². The lowest BCUT2D eigenvalue weighted by Gasteiger charge is -2.10. The molecule has 3 rings (SSSR count). The largest absolute Gasteiger partial charge is 0.465 e. The lowest BCUT2D eigenvalue weighted by molar-refractivity contribution is 0.0602. The fraction of sp³-hybridized carbons (Fsp3) is 0.0526. The van der Waals surface area contributed by atoms with Crippen LogP contribution in [0.2, 0.25) is 0 Å². The van der Waals surface area contributed by atoms with Crippen LogP contribution in [-0.2, 0) is 14.8 Å².